The Bertz CT molecular complexity index is 700. The Morgan fingerprint density at radius 1 is 1.10 bits per heavy atom. The average Bonchev–Trinajstić information content (AvgIpc) is 2.96. The van der Waals surface area contributed by atoms with E-state index < -0.39 is 6.10 Å². The van der Waals surface area contributed by atoms with Gasteiger partial charge in [0.15, 0.2) is 0 Å². The zero-order chi connectivity index (χ0) is 13.9. The number of hydrogen-bond donors (Lipinski definition) is 1. The van der Waals surface area contributed by atoms with Crippen molar-refractivity contribution in [3.8, 4) is 5.75 Å². The van der Waals surface area contributed by atoms with E-state index in [0.717, 1.165) is 21.6 Å². The maximum Gasteiger partial charge on any atom is 0.119 e. The lowest BCUT2D eigenvalue weighted by Crippen LogP contribution is -2.00. The first-order valence-electron chi connectivity index (χ1n) is 6.66. The molecule has 0 aliphatic rings. The Labute approximate surface area is 122 Å². The van der Waals surface area contributed by atoms with Gasteiger partial charge in [-0.15, -0.1) is 11.3 Å². The van der Waals surface area contributed by atoms with E-state index in [1.54, 1.807) is 11.3 Å². The van der Waals surface area contributed by atoms with Crippen LogP contribution in [0.25, 0.3) is 10.1 Å². The molecule has 2 aromatic carbocycles. The standard InChI is InChI=1S/C17H16O2S/c1-2-19-14-8-6-12(7-9-14)16(18)15-5-3-4-13-10-11-20-17(13)15/h3-11,16,18H,2H2,1H3. The molecule has 0 bridgehead atoms. The largest absolute Gasteiger partial charge is 0.494 e. The van der Waals surface area contributed by atoms with Gasteiger partial charge in [0.25, 0.3) is 0 Å². The number of rotatable bonds is 4. The van der Waals surface area contributed by atoms with Crippen molar-refractivity contribution in [3.05, 3.63) is 65.0 Å². The number of ether oxygens (including phenoxy) is 1. The average molecular weight is 284 g/mol. The lowest BCUT2D eigenvalue weighted by molar-refractivity contribution is 0.222. The number of hydrogen-bond acceptors (Lipinski definition) is 3. The second-order valence-electron chi connectivity index (χ2n) is 4.59. The molecule has 3 heteroatoms. The summed E-state index contributed by atoms with van der Waals surface area (Å²) in [5.74, 6) is 0.831. The summed E-state index contributed by atoms with van der Waals surface area (Å²) in [6, 6.07) is 15.8. The summed E-state index contributed by atoms with van der Waals surface area (Å²) in [6.07, 6.45) is -0.604. The van der Waals surface area contributed by atoms with Gasteiger partial charge in [-0.05, 0) is 41.5 Å². The van der Waals surface area contributed by atoms with Crippen LogP contribution in [-0.2, 0) is 0 Å². The highest BCUT2D eigenvalue weighted by atomic mass is 32.1. The fourth-order valence-corrected chi connectivity index (χ4v) is 3.26. The van der Waals surface area contributed by atoms with Crippen molar-refractivity contribution in [2.45, 2.75) is 13.0 Å². The zero-order valence-electron chi connectivity index (χ0n) is 11.2. The minimum atomic E-state index is -0.604. The molecule has 102 valence electrons. The highest BCUT2D eigenvalue weighted by molar-refractivity contribution is 7.17. The van der Waals surface area contributed by atoms with Crippen LogP contribution in [0, 0.1) is 0 Å². The number of fused-ring (bicyclic) bond motifs is 1. The molecule has 3 rings (SSSR count). The number of thiophene rings is 1. The van der Waals surface area contributed by atoms with Crippen LogP contribution >= 0.6 is 11.3 Å². The van der Waals surface area contributed by atoms with Gasteiger partial charge >= 0.3 is 0 Å². The molecule has 2 nitrogen and oxygen atoms in total. The molecule has 1 aromatic heterocycles. The van der Waals surface area contributed by atoms with Gasteiger partial charge in [-0.1, -0.05) is 30.3 Å². The van der Waals surface area contributed by atoms with Crippen LogP contribution in [0.3, 0.4) is 0 Å². The molecule has 1 N–H and O–H groups in total. The zero-order valence-corrected chi connectivity index (χ0v) is 12.1. The Balaban J connectivity index is 1.95. The van der Waals surface area contributed by atoms with Gasteiger partial charge in [0, 0.05) is 10.3 Å². The predicted molar refractivity (Wildman–Crippen MR) is 83.5 cm³/mol. The predicted octanol–water partition coefficient (Wildman–Crippen LogP) is 4.38. The van der Waals surface area contributed by atoms with Gasteiger partial charge in [0.05, 0.1) is 6.61 Å². The summed E-state index contributed by atoms with van der Waals surface area (Å²) < 4.78 is 6.57. The van der Waals surface area contributed by atoms with Crippen molar-refractivity contribution in [2.75, 3.05) is 6.61 Å². The highest BCUT2D eigenvalue weighted by Gasteiger charge is 2.14. The minimum Gasteiger partial charge on any atom is -0.494 e. The monoisotopic (exact) mass is 284 g/mol. The summed E-state index contributed by atoms with van der Waals surface area (Å²) in [7, 11) is 0. The maximum absolute atomic E-state index is 10.6. The van der Waals surface area contributed by atoms with E-state index in [2.05, 4.69) is 17.5 Å². The van der Waals surface area contributed by atoms with Crippen LogP contribution in [0.2, 0.25) is 0 Å². The summed E-state index contributed by atoms with van der Waals surface area (Å²) in [5, 5.41) is 13.8. The normalized spacial score (nSPS) is 12.5. The first-order valence-corrected chi connectivity index (χ1v) is 7.54. The third kappa shape index (κ3) is 2.42. The van der Waals surface area contributed by atoms with Crippen molar-refractivity contribution in [3.63, 3.8) is 0 Å². The first kappa shape index (κ1) is 13.2. The van der Waals surface area contributed by atoms with Crippen LogP contribution in [0.15, 0.2) is 53.9 Å². The molecular formula is C17H16O2S. The molecule has 0 aliphatic heterocycles. The smallest absolute Gasteiger partial charge is 0.119 e. The quantitative estimate of drug-likeness (QED) is 0.770. The Kier molecular flexibility index (Phi) is 3.72. The molecule has 0 amide bonds. The van der Waals surface area contributed by atoms with Crippen LogP contribution < -0.4 is 4.74 Å². The molecule has 0 saturated carbocycles. The number of aliphatic hydroxyl groups excluding tert-OH is 1. The Morgan fingerprint density at radius 2 is 1.90 bits per heavy atom. The van der Waals surface area contributed by atoms with E-state index in [1.165, 1.54) is 5.39 Å². The molecular weight excluding hydrogens is 268 g/mol. The van der Waals surface area contributed by atoms with Crippen LogP contribution in [0.4, 0.5) is 0 Å². The van der Waals surface area contributed by atoms with E-state index in [9.17, 15) is 5.11 Å². The molecule has 1 atom stereocenters. The number of aliphatic hydroxyl groups is 1. The van der Waals surface area contributed by atoms with Crippen molar-refractivity contribution in [1.29, 1.82) is 0 Å². The highest BCUT2D eigenvalue weighted by Crippen LogP contribution is 2.32. The molecule has 0 fully saturated rings. The Morgan fingerprint density at radius 3 is 2.65 bits per heavy atom. The lowest BCUT2D eigenvalue weighted by Gasteiger charge is -2.13. The van der Waals surface area contributed by atoms with Gasteiger partial charge in [0.2, 0.25) is 0 Å². The lowest BCUT2D eigenvalue weighted by atomic mass is 10.0. The second-order valence-corrected chi connectivity index (χ2v) is 5.51. The van der Waals surface area contributed by atoms with Gasteiger partial charge in [-0.2, -0.15) is 0 Å². The van der Waals surface area contributed by atoms with Gasteiger partial charge < -0.3 is 9.84 Å². The molecule has 0 aliphatic carbocycles. The summed E-state index contributed by atoms with van der Waals surface area (Å²) in [5.41, 5.74) is 1.84. The summed E-state index contributed by atoms with van der Waals surface area (Å²) in [6.45, 7) is 2.61. The second kappa shape index (κ2) is 5.65. The van der Waals surface area contributed by atoms with Gasteiger partial charge in [-0.3, -0.25) is 0 Å². The Hall–Kier alpha value is -1.84. The van der Waals surface area contributed by atoms with E-state index in [1.807, 2.05) is 43.3 Å². The molecule has 3 aromatic rings. The third-order valence-electron chi connectivity index (χ3n) is 3.31. The molecule has 0 radical (unpaired) electrons. The SMILES string of the molecule is CCOc1ccc(C(O)c2cccc3ccsc23)cc1. The maximum atomic E-state index is 10.6. The number of benzene rings is 2. The van der Waals surface area contributed by atoms with E-state index >= 15 is 0 Å². The van der Waals surface area contributed by atoms with Crippen molar-refractivity contribution in [1.82, 2.24) is 0 Å². The topological polar surface area (TPSA) is 29.5 Å². The summed E-state index contributed by atoms with van der Waals surface area (Å²) >= 11 is 1.66. The van der Waals surface area contributed by atoms with Gasteiger partial charge in [-0.25, -0.2) is 0 Å². The molecule has 1 unspecified atom stereocenters. The third-order valence-corrected chi connectivity index (χ3v) is 4.29. The minimum absolute atomic E-state index is 0.604. The fourth-order valence-electron chi connectivity index (χ4n) is 2.32. The first-order chi connectivity index (χ1) is 9.79. The van der Waals surface area contributed by atoms with Crippen LogP contribution in [-0.4, -0.2) is 11.7 Å². The van der Waals surface area contributed by atoms with E-state index in [0.29, 0.717) is 6.61 Å². The van der Waals surface area contributed by atoms with E-state index in [-0.39, 0.29) is 0 Å². The molecule has 20 heavy (non-hydrogen) atoms. The molecule has 1 heterocycles. The van der Waals surface area contributed by atoms with Crippen molar-refractivity contribution >= 4 is 21.4 Å². The summed E-state index contributed by atoms with van der Waals surface area (Å²) in [4.78, 5) is 0. The molecule has 0 spiro atoms. The van der Waals surface area contributed by atoms with Crippen LogP contribution in [0.5, 0.6) is 5.75 Å². The fraction of sp³-hybridized carbons (Fsp3) is 0.176. The van der Waals surface area contributed by atoms with Crippen LogP contribution in [0.1, 0.15) is 24.2 Å². The van der Waals surface area contributed by atoms with Crippen molar-refractivity contribution < 1.29 is 9.84 Å². The van der Waals surface area contributed by atoms with E-state index in [4.69, 9.17) is 4.74 Å². The van der Waals surface area contributed by atoms with Gasteiger partial charge in [0.1, 0.15) is 11.9 Å². The molecule has 0 saturated heterocycles. The van der Waals surface area contributed by atoms with Crippen molar-refractivity contribution in [2.24, 2.45) is 0 Å².